The van der Waals surface area contributed by atoms with E-state index in [1.54, 1.807) is 48.1 Å². The third kappa shape index (κ3) is 2.44. The zero-order valence-corrected chi connectivity index (χ0v) is 16.0. The van der Waals surface area contributed by atoms with Crippen LogP contribution in [0, 0.1) is 0 Å². The van der Waals surface area contributed by atoms with Gasteiger partial charge in [-0.05, 0) is 30.3 Å². The normalized spacial score (nSPS) is 16.1. The first-order chi connectivity index (χ1) is 13.1. The molecule has 8 heteroatoms. The summed E-state index contributed by atoms with van der Waals surface area (Å²) in [6.45, 7) is 0. The van der Waals surface area contributed by atoms with Crippen molar-refractivity contribution in [2.45, 2.75) is 6.04 Å². The summed E-state index contributed by atoms with van der Waals surface area (Å²) in [5, 5.41) is 2.69. The van der Waals surface area contributed by atoms with Gasteiger partial charge in [-0.1, -0.05) is 22.0 Å². The largest absolute Gasteiger partial charge is 0.450 e. The molecule has 1 amide bonds. The van der Waals surface area contributed by atoms with E-state index in [4.69, 9.17) is 4.42 Å². The summed E-state index contributed by atoms with van der Waals surface area (Å²) < 4.78 is 6.63. The van der Waals surface area contributed by atoms with Crippen LogP contribution >= 0.6 is 27.3 Å². The van der Waals surface area contributed by atoms with E-state index in [0.717, 1.165) is 4.47 Å². The van der Waals surface area contributed by atoms with Gasteiger partial charge in [0, 0.05) is 22.2 Å². The number of hydrogen-bond donors (Lipinski definition) is 0. The van der Waals surface area contributed by atoms with Crippen LogP contribution in [-0.4, -0.2) is 15.9 Å². The van der Waals surface area contributed by atoms with E-state index in [1.807, 2.05) is 6.07 Å². The number of carbonyl (C=O) groups is 1. The number of aromatic nitrogens is 2. The Bertz CT molecular complexity index is 1240. The highest BCUT2D eigenvalue weighted by Crippen LogP contribution is 2.41. The van der Waals surface area contributed by atoms with Gasteiger partial charge in [0.25, 0.3) is 5.91 Å². The summed E-state index contributed by atoms with van der Waals surface area (Å²) in [5.74, 6) is -0.349. The Morgan fingerprint density at radius 3 is 2.74 bits per heavy atom. The van der Waals surface area contributed by atoms with E-state index in [9.17, 15) is 9.59 Å². The second-order valence-electron chi connectivity index (χ2n) is 5.96. The summed E-state index contributed by atoms with van der Waals surface area (Å²) in [4.78, 5) is 36.6. The first kappa shape index (κ1) is 16.3. The van der Waals surface area contributed by atoms with Crippen molar-refractivity contribution in [3.05, 3.63) is 85.9 Å². The molecule has 6 nitrogen and oxygen atoms in total. The number of thiazole rings is 1. The summed E-state index contributed by atoms with van der Waals surface area (Å²) >= 11 is 4.70. The fourth-order valence-corrected chi connectivity index (χ4v) is 4.32. The zero-order valence-electron chi connectivity index (χ0n) is 13.6. The van der Waals surface area contributed by atoms with Crippen molar-refractivity contribution in [2.75, 3.05) is 4.90 Å². The minimum atomic E-state index is -0.681. The third-order valence-corrected chi connectivity index (χ3v) is 5.69. The number of carbonyl (C=O) groups excluding carboxylic acids is 1. The Kier molecular flexibility index (Phi) is 3.70. The van der Waals surface area contributed by atoms with E-state index in [2.05, 4.69) is 25.9 Å². The van der Waals surface area contributed by atoms with Gasteiger partial charge >= 0.3 is 0 Å². The molecular weight excluding hydrogens is 430 g/mol. The molecule has 0 fully saturated rings. The van der Waals surface area contributed by atoms with Crippen LogP contribution in [0.1, 0.15) is 27.9 Å². The van der Waals surface area contributed by atoms with Gasteiger partial charge in [-0.25, -0.2) is 4.98 Å². The standard InChI is InChI=1S/C19H10BrN3O3S/c20-10-4-5-13-11(9-10)16(24)14-15(12-3-1-2-6-21-12)23(18(25)17(14)26-13)19-22-7-8-27-19/h1-9,15H. The van der Waals surface area contributed by atoms with Gasteiger partial charge in [-0.3, -0.25) is 19.5 Å². The fraction of sp³-hybridized carbons (Fsp3) is 0.0526. The minimum absolute atomic E-state index is 0.0423. The summed E-state index contributed by atoms with van der Waals surface area (Å²) in [7, 11) is 0. The number of rotatable bonds is 2. The molecular formula is C19H10BrN3O3S. The molecule has 5 rings (SSSR count). The monoisotopic (exact) mass is 439 g/mol. The quantitative estimate of drug-likeness (QED) is 0.468. The van der Waals surface area contributed by atoms with E-state index in [-0.39, 0.29) is 11.2 Å². The van der Waals surface area contributed by atoms with Crippen LogP contribution in [-0.2, 0) is 0 Å². The molecule has 4 aromatic rings. The lowest BCUT2D eigenvalue weighted by molar-refractivity contribution is 0.0970. The molecule has 0 radical (unpaired) electrons. The van der Waals surface area contributed by atoms with Crippen LogP contribution in [0.25, 0.3) is 11.0 Å². The average molecular weight is 440 g/mol. The molecule has 132 valence electrons. The number of benzene rings is 1. The van der Waals surface area contributed by atoms with Gasteiger partial charge in [-0.2, -0.15) is 0 Å². The lowest BCUT2D eigenvalue weighted by atomic mass is 10.0. The lowest BCUT2D eigenvalue weighted by Crippen LogP contribution is -2.29. The predicted molar refractivity (Wildman–Crippen MR) is 105 cm³/mol. The van der Waals surface area contributed by atoms with Gasteiger partial charge in [-0.15, -0.1) is 11.3 Å². The molecule has 3 aromatic heterocycles. The van der Waals surface area contributed by atoms with Gasteiger partial charge in [0.05, 0.1) is 16.6 Å². The maximum atomic E-state index is 13.3. The van der Waals surface area contributed by atoms with Crippen molar-refractivity contribution in [1.82, 2.24) is 9.97 Å². The number of fused-ring (bicyclic) bond motifs is 2. The third-order valence-electron chi connectivity index (χ3n) is 4.43. The first-order valence-corrected chi connectivity index (χ1v) is 9.72. The zero-order chi connectivity index (χ0) is 18.5. The molecule has 1 atom stereocenters. The van der Waals surface area contributed by atoms with Crippen LogP contribution in [0.4, 0.5) is 5.13 Å². The average Bonchev–Trinajstić information content (AvgIpc) is 3.30. The second-order valence-corrected chi connectivity index (χ2v) is 7.75. The molecule has 1 aromatic carbocycles. The van der Waals surface area contributed by atoms with Gasteiger partial charge in [0.15, 0.2) is 10.6 Å². The van der Waals surface area contributed by atoms with Gasteiger partial charge in [0.2, 0.25) is 5.76 Å². The molecule has 4 heterocycles. The molecule has 27 heavy (non-hydrogen) atoms. The van der Waals surface area contributed by atoms with Crippen molar-refractivity contribution < 1.29 is 9.21 Å². The maximum Gasteiger partial charge on any atom is 0.297 e. The van der Waals surface area contributed by atoms with Crippen LogP contribution in [0.15, 0.2) is 67.9 Å². The first-order valence-electron chi connectivity index (χ1n) is 8.05. The highest BCUT2D eigenvalue weighted by atomic mass is 79.9. The number of hydrogen-bond acceptors (Lipinski definition) is 6. The molecule has 0 saturated heterocycles. The molecule has 0 bridgehead atoms. The predicted octanol–water partition coefficient (Wildman–Crippen LogP) is 4.16. The summed E-state index contributed by atoms with van der Waals surface area (Å²) in [6.07, 6.45) is 3.26. The molecule has 1 unspecified atom stereocenters. The minimum Gasteiger partial charge on any atom is -0.450 e. The molecule has 0 spiro atoms. The number of nitrogens with zero attached hydrogens (tertiary/aromatic N) is 3. The number of anilines is 1. The van der Waals surface area contributed by atoms with E-state index < -0.39 is 11.9 Å². The van der Waals surface area contributed by atoms with E-state index in [1.165, 1.54) is 16.2 Å². The summed E-state index contributed by atoms with van der Waals surface area (Å²) in [5.41, 5.74) is 1.01. The van der Waals surface area contributed by atoms with Gasteiger partial charge < -0.3 is 4.42 Å². The van der Waals surface area contributed by atoms with Crippen molar-refractivity contribution >= 4 is 49.3 Å². The van der Waals surface area contributed by atoms with Crippen molar-refractivity contribution in [2.24, 2.45) is 0 Å². The van der Waals surface area contributed by atoms with Crippen LogP contribution in [0.5, 0.6) is 0 Å². The SMILES string of the molecule is O=C1c2oc3ccc(Br)cc3c(=O)c2C(c2ccccn2)N1c1nccs1. The second kappa shape index (κ2) is 6.11. The Balaban J connectivity index is 1.85. The van der Waals surface area contributed by atoms with E-state index in [0.29, 0.717) is 27.4 Å². The molecule has 1 aliphatic heterocycles. The molecule has 0 N–H and O–H groups in total. The van der Waals surface area contributed by atoms with Gasteiger partial charge in [0.1, 0.15) is 11.6 Å². The van der Waals surface area contributed by atoms with Crippen LogP contribution < -0.4 is 10.3 Å². The number of amides is 1. The smallest absolute Gasteiger partial charge is 0.297 e. The Hall–Kier alpha value is -2.84. The van der Waals surface area contributed by atoms with Crippen molar-refractivity contribution in [1.29, 1.82) is 0 Å². The number of pyridine rings is 1. The van der Waals surface area contributed by atoms with Crippen LogP contribution in [0.3, 0.4) is 0 Å². The van der Waals surface area contributed by atoms with E-state index >= 15 is 0 Å². The maximum absolute atomic E-state index is 13.3. The number of halogens is 1. The highest BCUT2D eigenvalue weighted by Gasteiger charge is 2.45. The summed E-state index contributed by atoms with van der Waals surface area (Å²) in [6, 6.07) is 9.87. The van der Waals surface area contributed by atoms with Crippen LogP contribution in [0.2, 0.25) is 0 Å². The molecule has 0 saturated carbocycles. The lowest BCUT2D eigenvalue weighted by Gasteiger charge is -2.21. The molecule has 0 aliphatic carbocycles. The van der Waals surface area contributed by atoms with Crippen molar-refractivity contribution in [3.8, 4) is 0 Å². The topological polar surface area (TPSA) is 76.3 Å². The Morgan fingerprint density at radius 1 is 1.11 bits per heavy atom. The Morgan fingerprint density at radius 2 is 2.00 bits per heavy atom. The Labute approximate surface area is 165 Å². The highest BCUT2D eigenvalue weighted by molar-refractivity contribution is 9.10. The fourth-order valence-electron chi connectivity index (χ4n) is 3.29. The molecule has 1 aliphatic rings. The van der Waals surface area contributed by atoms with Crippen molar-refractivity contribution in [3.63, 3.8) is 0 Å².